The fourth-order valence-corrected chi connectivity index (χ4v) is 2.70. The summed E-state index contributed by atoms with van der Waals surface area (Å²) in [6.07, 6.45) is 8.60. The Kier molecular flexibility index (Phi) is 5.10. The second-order valence-electron chi connectivity index (χ2n) is 5.40. The van der Waals surface area contributed by atoms with Crippen LogP contribution in [-0.4, -0.2) is 27.6 Å². The van der Waals surface area contributed by atoms with Crippen LogP contribution < -0.4 is 5.32 Å². The van der Waals surface area contributed by atoms with Gasteiger partial charge >= 0.3 is 0 Å². The van der Waals surface area contributed by atoms with Gasteiger partial charge in [-0.2, -0.15) is 10.4 Å². The van der Waals surface area contributed by atoms with Gasteiger partial charge in [0.05, 0.1) is 6.07 Å². The molecule has 6 heteroatoms. The number of carbonyl (C=O) groups excluding carboxylic acids is 1. The van der Waals surface area contributed by atoms with Crippen LogP contribution in [0.25, 0.3) is 0 Å². The lowest BCUT2D eigenvalue weighted by atomic mass is 9.81. The van der Waals surface area contributed by atoms with Gasteiger partial charge in [-0.25, -0.2) is 4.98 Å². The van der Waals surface area contributed by atoms with E-state index in [2.05, 4.69) is 26.6 Å². The molecule has 1 amide bonds. The van der Waals surface area contributed by atoms with E-state index >= 15 is 0 Å². The van der Waals surface area contributed by atoms with Gasteiger partial charge in [-0.1, -0.05) is 25.7 Å². The van der Waals surface area contributed by atoms with E-state index in [1.807, 2.05) is 0 Å². The van der Waals surface area contributed by atoms with Gasteiger partial charge in [-0.3, -0.25) is 9.89 Å². The molecule has 20 heavy (non-hydrogen) atoms. The monoisotopic (exact) mass is 275 g/mol. The number of carbonyl (C=O) groups is 1. The van der Waals surface area contributed by atoms with Crippen LogP contribution in [0.1, 0.15) is 50.8 Å². The van der Waals surface area contributed by atoms with Crippen molar-refractivity contribution in [1.29, 1.82) is 5.26 Å². The summed E-state index contributed by atoms with van der Waals surface area (Å²) < 4.78 is 0. The van der Waals surface area contributed by atoms with E-state index in [0.29, 0.717) is 19.4 Å². The molecular formula is C14H21N5O. The highest BCUT2D eigenvalue weighted by Gasteiger charge is 2.38. The standard InChI is InChI=1S/C14H21N5O/c15-10-14(7-3-1-2-4-8-14)13(20)16-9-5-6-12-17-11-18-19-12/h11H,1-9H2,(H,16,20)(H,17,18,19). The molecule has 0 unspecified atom stereocenters. The molecule has 0 atom stereocenters. The quantitative estimate of drug-likeness (QED) is 0.632. The Bertz CT molecular complexity index is 454. The van der Waals surface area contributed by atoms with Gasteiger partial charge in [-0.05, 0) is 19.3 Å². The maximum Gasteiger partial charge on any atom is 0.240 e. The minimum absolute atomic E-state index is 0.0977. The maximum absolute atomic E-state index is 12.3. The summed E-state index contributed by atoms with van der Waals surface area (Å²) in [7, 11) is 0. The van der Waals surface area contributed by atoms with E-state index < -0.39 is 5.41 Å². The summed E-state index contributed by atoms with van der Waals surface area (Å²) >= 11 is 0. The van der Waals surface area contributed by atoms with E-state index in [1.54, 1.807) is 0 Å². The molecular weight excluding hydrogens is 254 g/mol. The molecule has 108 valence electrons. The minimum Gasteiger partial charge on any atom is -0.355 e. The fraction of sp³-hybridized carbons (Fsp3) is 0.714. The smallest absolute Gasteiger partial charge is 0.240 e. The number of rotatable bonds is 5. The average Bonchev–Trinajstić information content (AvgIpc) is 2.86. The first-order valence-electron chi connectivity index (χ1n) is 7.31. The van der Waals surface area contributed by atoms with Crippen LogP contribution in [0, 0.1) is 16.7 Å². The maximum atomic E-state index is 12.3. The van der Waals surface area contributed by atoms with Crippen LogP contribution >= 0.6 is 0 Å². The normalized spacial score (nSPS) is 17.9. The fourth-order valence-electron chi connectivity index (χ4n) is 2.70. The van der Waals surface area contributed by atoms with Crippen LogP contribution in [0.15, 0.2) is 6.33 Å². The van der Waals surface area contributed by atoms with E-state index in [1.165, 1.54) is 6.33 Å². The van der Waals surface area contributed by atoms with Crippen LogP contribution in [-0.2, 0) is 11.2 Å². The number of nitrogens with zero attached hydrogens (tertiary/aromatic N) is 3. The van der Waals surface area contributed by atoms with Gasteiger partial charge in [0.2, 0.25) is 5.91 Å². The van der Waals surface area contributed by atoms with Crippen LogP contribution in [0.2, 0.25) is 0 Å². The zero-order chi connectivity index (χ0) is 14.3. The number of aromatic amines is 1. The van der Waals surface area contributed by atoms with Gasteiger partial charge in [0.25, 0.3) is 0 Å². The van der Waals surface area contributed by atoms with Crippen LogP contribution in [0.5, 0.6) is 0 Å². The molecule has 2 rings (SSSR count). The highest BCUT2D eigenvalue weighted by atomic mass is 16.2. The lowest BCUT2D eigenvalue weighted by molar-refractivity contribution is -0.128. The summed E-state index contributed by atoms with van der Waals surface area (Å²) in [5.41, 5.74) is -0.803. The number of aromatic nitrogens is 3. The van der Waals surface area contributed by atoms with Gasteiger partial charge in [-0.15, -0.1) is 0 Å². The molecule has 1 heterocycles. The SMILES string of the molecule is N#CC1(C(=O)NCCCc2ncn[nH]2)CCCCCC1. The molecule has 0 radical (unpaired) electrons. The van der Waals surface area contributed by atoms with E-state index in [4.69, 9.17) is 0 Å². The number of H-pyrrole nitrogens is 1. The molecule has 1 aliphatic carbocycles. The van der Waals surface area contributed by atoms with E-state index in [0.717, 1.165) is 44.3 Å². The van der Waals surface area contributed by atoms with Gasteiger partial charge in [0.15, 0.2) is 0 Å². The number of hydrogen-bond acceptors (Lipinski definition) is 4. The van der Waals surface area contributed by atoms with Crippen LogP contribution in [0.3, 0.4) is 0 Å². The Morgan fingerprint density at radius 1 is 1.40 bits per heavy atom. The first-order valence-corrected chi connectivity index (χ1v) is 7.31. The third kappa shape index (κ3) is 3.56. The molecule has 0 aliphatic heterocycles. The molecule has 6 nitrogen and oxygen atoms in total. The van der Waals surface area contributed by atoms with Crippen LogP contribution in [0.4, 0.5) is 0 Å². The topological polar surface area (TPSA) is 94.5 Å². The highest BCUT2D eigenvalue weighted by molar-refractivity contribution is 5.85. The molecule has 1 fully saturated rings. The minimum atomic E-state index is -0.803. The van der Waals surface area contributed by atoms with Gasteiger partial charge < -0.3 is 5.32 Å². The number of aryl methyl sites for hydroxylation is 1. The summed E-state index contributed by atoms with van der Waals surface area (Å²) in [5, 5.41) is 18.9. The van der Waals surface area contributed by atoms with Gasteiger partial charge in [0.1, 0.15) is 17.6 Å². The zero-order valence-corrected chi connectivity index (χ0v) is 11.7. The zero-order valence-electron chi connectivity index (χ0n) is 11.7. The number of amides is 1. The summed E-state index contributed by atoms with van der Waals surface area (Å²) in [6.45, 7) is 0.572. The lowest BCUT2D eigenvalue weighted by Crippen LogP contribution is -2.40. The first-order chi connectivity index (χ1) is 9.77. The summed E-state index contributed by atoms with van der Waals surface area (Å²) in [5.74, 6) is 0.725. The Morgan fingerprint density at radius 3 is 2.75 bits per heavy atom. The molecule has 1 saturated carbocycles. The predicted octanol–water partition coefficient (Wildman–Crippen LogP) is 1.72. The Hall–Kier alpha value is -1.90. The van der Waals surface area contributed by atoms with E-state index in [-0.39, 0.29) is 5.91 Å². The summed E-state index contributed by atoms with van der Waals surface area (Å²) in [4.78, 5) is 16.3. The second kappa shape index (κ2) is 7.04. The molecule has 1 aromatic rings. The van der Waals surface area contributed by atoms with Crippen molar-refractivity contribution in [2.24, 2.45) is 5.41 Å². The molecule has 2 N–H and O–H groups in total. The molecule has 0 aromatic carbocycles. The van der Waals surface area contributed by atoms with Crippen molar-refractivity contribution in [3.05, 3.63) is 12.2 Å². The lowest BCUT2D eigenvalue weighted by Gasteiger charge is -2.23. The van der Waals surface area contributed by atoms with Crippen molar-refractivity contribution in [1.82, 2.24) is 20.5 Å². The van der Waals surface area contributed by atoms with Crippen molar-refractivity contribution < 1.29 is 4.79 Å². The van der Waals surface area contributed by atoms with Crippen molar-refractivity contribution in [3.63, 3.8) is 0 Å². The molecule has 1 aliphatic rings. The third-order valence-electron chi connectivity index (χ3n) is 3.95. The summed E-state index contributed by atoms with van der Waals surface area (Å²) in [6, 6.07) is 2.27. The Morgan fingerprint density at radius 2 is 2.15 bits per heavy atom. The van der Waals surface area contributed by atoms with Gasteiger partial charge in [0, 0.05) is 13.0 Å². The van der Waals surface area contributed by atoms with Crippen molar-refractivity contribution >= 4 is 5.91 Å². The first kappa shape index (κ1) is 14.5. The van der Waals surface area contributed by atoms with Crippen molar-refractivity contribution in [3.8, 4) is 6.07 Å². The van der Waals surface area contributed by atoms with Crippen molar-refractivity contribution in [2.75, 3.05) is 6.54 Å². The average molecular weight is 275 g/mol. The number of nitrogens with one attached hydrogen (secondary N) is 2. The van der Waals surface area contributed by atoms with E-state index in [9.17, 15) is 10.1 Å². The largest absolute Gasteiger partial charge is 0.355 e. The number of nitriles is 1. The molecule has 0 bridgehead atoms. The van der Waals surface area contributed by atoms with Crippen molar-refractivity contribution in [2.45, 2.75) is 51.4 Å². The molecule has 1 aromatic heterocycles. The molecule has 0 saturated heterocycles. The Balaban J connectivity index is 1.79. The second-order valence-corrected chi connectivity index (χ2v) is 5.40. The Labute approximate surface area is 119 Å². The highest BCUT2D eigenvalue weighted by Crippen LogP contribution is 2.34. The number of hydrogen-bond donors (Lipinski definition) is 2. The third-order valence-corrected chi connectivity index (χ3v) is 3.95. The molecule has 0 spiro atoms. The predicted molar refractivity (Wildman–Crippen MR) is 73.5 cm³/mol.